The average Bonchev–Trinajstić information content (AvgIpc) is 2.57. The van der Waals surface area contributed by atoms with E-state index < -0.39 is 0 Å². The zero-order chi connectivity index (χ0) is 7.94. The highest BCUT2D eigenvalue weighted by Crippen LogP contribution is 2.22. The average molecular weight is 154 g/mol. The highest BCUT2D eigenvalue weighted by molar-refractivity contribution is 4.60. The van der Waals surface area contributed by atoms with E-state index in [1.807, 2.05) is 0 Å². The van der Waals surface area contributed by atoms with Gasteiger partial charge in [-0.05, 0) is 5.92 Å². The number of rotatable bonds is 0. The Hall–Kier alpha value is 0. The molecule has 0 heteroatoms. The molecular weight excluding hydrogens is 132 g/mol. The summed E-state index contributed by atoms with van der Waals surface area (Å²) in [6.07, 6.45) is 13.4. The third-order valence-corrected chi connectivity index (χ3v) is 2.89. The fraction of sp³-hybridized carbons (Fsp3) is 1.00. The zero-order valence-corrected chi connectivity index (χ0v) is 7.94. The van der Waals surface area contributed by atoms with Crippen LogP contribution in [0.3, 0.4) is 0 Å². The third kappa shape index (κ3) is 4.44. The summed E-state index contributed by atoms with van der Waals surface area (Å²) < 4.78 is 0. The summed E-state index contributed by atoms with van der Waals surface area (Å²) in [5, 5.41) is 0. The van der Waals surface area contributed by atoms with Crippen LogP contribution in [-0.2, 0) is 0 Å². The molecule has 0 aromatic heterocycles. The van der Waals surface area contributed by atoms with Crippen molar-refractivity contribution in [1.29, 1.82) is 0 Å². The fourth-order valence-corrected chi connectivity index (χ4v) is 2.01. The van der Waals surface area contributed by atoms with Gasteiger partial charge in [-0.3, -0.25) is 0 Å². The van der Waals surface area contributed by atoms with Crippen LogP contribution in [-0.4, -0.2) is 0 Å². The maximum Gasteiger partial charge on any atom is -0.0443 e. The van der Waals surface area contributed by atoms with E-state index in [-0.39, 0.29) is 0 Å². The van der Waals surface area contributed by atoms with Crippen LogP contribution in [0.2, 0.25) is 0 Å². The molecular formula is C11H22. The molecule has 0 spiro atoms. The molecule has 0 N–H and O–H groups in total. The monoisotopic (exact) mass is 154 g/mol. The van der Waals surface area contributed by atoms with Gasteiger partial charge >= 0.3 is 0 Å². The summed E-state index contributed by atoms with van der Waals surface area (Å²) in [4.78, 5) is 0. The minimum absolute atomic E-state index is 1.05. The van der Waals surface area contributed by atoms with E-state index in [4.69, 9.17) is 0 Å². The van der Waals surface area contributed by atoms with E-state index >= 15 is 0 Å². The molecule has 0 atom stereocenters. The predicted octanol–water partition coefficient (Wildman–Crippen LogP) is 4.15. The summed E-state index contributed by atoms with van der Waals surface area (Å²) >= 11 is 0. The van der Waals surface area contributed by atoms with Crippen molar-refractivity contribution in [2.75, 3.05) is 0 Å². The smallest absolute Gasteiger partial charge is 0.0443 e. The lowest BCUT2D eigenvalue weighted by molar-refractivity contribution is 0.612. The molecule has 0 amide bonds. The number of hydrogen-bond donors (Lipinski definition) is 0. The molecule has 66 valence electrons. The Balaban J connectivity index is 0.000000112. The second-order valence-electron chi connectivity index (χ2n) is 4.16. The lowest BCUT2D eigenvalue weighted by Crippen LogP contribution is -1.78. The Kier molecular flexibility index (Phi) is 4.65. The molecule has 11 heavy (non-hydrogen) atoms. The Bertz CT molecular complexity index is 68.4. The normalized spacial score (nSPS) is 24.8. The first-order valence-corrected chi connectivity index (χ1v) is 5.39. The summed E-state index contributed by atoms with van der Waals surface area (Å²) in [6.45, 7) is 2.34. The van der Waals surface area contributed by atoms with Gasteiger partial charge in [-0.1, -0.05) is 64.7 Å². The minimum atomic E-state index is 1.05. The van der Waals surface area contributed by atoms with Crippen molar-refractivity contribution in [2.45, 2.75) is 64.7 Å². The van der Waals surface area contributed by atoms with Crippen molar-refractivity contribution in [1.82, 2.24) is 0 Å². The van der Waals surface area contributed by atoms with Crippen molar-refractivity contribution in [3.05, 3.63) is 0 Å². The Morgan fingerprint density at radius 2 is 1.00 bits per heavy atom. The van der Waals surface area contributed by atoms with Gasteiger partial charge in [-0.2, -0.15) is 0 Å². The second kappa shape index (κ2) is 5.62. The van der Waals surface area contributed by atoms with Crippen LogP contribution in [0, 0.1) is 5.92 Å². The van der Waals surface area contributed by atoms with E-state index in [2.05, 4.69) is 6.92 Å². The highest BCUT2D eigenvalue weighted by atomic mass is 14.1. The second-order valence-corrected chi connectivity index (χ2v) is 4.16. The predicted molar refractivity (Wildman–Crippen MR) is 50.7 cm³/mol. The molecule has 0 bridgehead atoms. The first-order valence-electron chi connectivity index (χ1n) is 5.39. The Labute approximate surface area is 71.4 Å². The molecule has 2 rings (SSSR count). The van der Waals surface area contributed by atoms with Crippen LogP contribution in [0.1, 0.15) is 64.7 Å². The summed E-state index contributed by atoms with van der Waals surface area (Å²) in [7, 11) is 0. The summed E-state index contributed by atoms with van der Waals surface area (Å²) in [5.74, 6) is 1.05. The topological polar surface area (TPSA) is 0 Å². The van der Waals surface area contributed by atoms with Gasteiger partial charge in [-0.25, -0.2) is 0 Å². The maximum absolute atomic E-state index is 2.34. The van der Waals surface area contributed by atoms with Gasteiger partial charge in [0.15, 0.2) is 0 Å². The van der Waals surface area contributed by atoms with Crippen molar-refractivity contribution >= 4 is 0 Å². The van der Waals surface area contributed by atoms with Gasteiger partial charge in [-0.15, -0.1) is 0 Å². The van der Waals surface area contributed by atoms with Gasteiger partial charge in [0.2, 0.25) is 0 Å². The molecule has 0 radical (unpaired) electrons. The van der Waals surface area contributed by atoms with Gasteiger partial charge in [0.1, 0.15) is 0 Å². The van der Waals surface area contributed by atoms with Crippen molar-refractivity contribution < 1.29 is 0 Å². The van der Waals surface area contributed by atoms with E-state index in [0.717, 1.165) is 5.92 Å². The largest absolute Gasteiger partial charge is 0.0625 e. The quantitative estimate of drug-likeness (QED) is 0.492. The first-order chi connectivity index (χ1) is 5.39. The summed E-state index contributed by atoms with van der Waals surface area (Å²) in [5.41, 5.74) is 0. The van der Waals surface area contributed by atoms with Crippen LogP contribution in [0.5, 0.6) is 0 Å². The minimum Gasteiger partial charge on any atom is -0.0625 e. The van der Waals surface area contributed by atoms with Gasteiger partial charge in [0.05, 0.1) is 0 Å². The van der Waals surface area contributed by atoms with E-state index in [9.17, 15) is 0 Å². The van der Waals surface area contributed by atoms with Crippen molar-refractivity contribution in [3.63, 3.8) is 0 Å². The molecule has 0 aromatic carbocycles. The lowest BCUT2D eigenvalue weighted by atomic mass is 10.2. The molecule has 0 aromatic rings. The first kappa shape index (κ1) is 9.09. The molecule has 0 unspecified atom stereocenters. The summed E-state index contributed by atoms with van der Waals surface area (Å²) in [6, 6.07) is 0. The maximum atomic E-state index is 2.34. The fourth-order valence-electron chi connectivity index (χ4n) is 2.01. The highest BCUT2D eigenvalue weighted by Gasteiger charge is 2.07. The zero-order valence-electron chi connectivity index (χ0n) is 7.94. The van der Waals surface area contributed by atoms with Gasteiger partial charge in [0.25, 0.3) is 0 Å². The van der Waals surface area contributed by atoms with Crippen LogP contribution in [0.25, 0.3) is 0 Å². The molecule has 2 aliphatic carbocycles. The molecule has 0 heterocycles. The van der Waals surface area contributed by atoms with Crippen LogP contribution < -0.4 is 0 Å². The Morgan fingerprint density at radius 3 is 1.18 bits per heavy atom. The van der Waals surface area contributed by atoms with Gasteiger partial charge < -0.3 is 0 Å². The third-order valence-electron chi connectivity index (χ3n) is 2.89. The van der Waals surface area contributed by atoms with Crippen molar-refractivity contribution in [2.24, 2.45) is 5.92 Å². The van der Waals surface area contributed by atoms with Crippen molar-refractivity contribution in [3.8, 4) is 0 Å². The lowest BCUT2D eigenvalue weighted by Gasteiger charge is -1.91. The van der Waals surface area contributed by atoms with Crippen LogP contribution >= 0.6 is 0 Å². The molecule has 0 saturated heterocycles. The van der Waals surface area contributed by atoms with Crippen LogP contribution in [0.15, 0.2) is 0 Å². The molecule has 2 aliphatic rings. The standard InChI is InChI=1S/C6H12.C5H10/c1-6-4-2-3-5-6;1-2-4-5-3-1/h6H,2-5H2,1H3;1-5H2. The number of hydrogen-bond acceptors (Lipinski definition) is 0. The van der Waals surface area contributed by atoms with E-state index in [1.54, 1.807) is 0 Å². The molecule has 2 fully saturated rings. The molecule has 0 nitrogen and oxygen atoms in total. The van der Waals surface area contributed by atoms with E-state index in [0.29, 0.717) is 0 Å². The van der Waals surface area contributed by atoms with E-state index in [1.165, 1.54) is 57.8 Å². The van der Waals surface area contributed by atoms with Crippen LogP contribution in [0.4, 0.5) is 0 Å². The van der Waals surface area contributed by atoms with Gasteiger partial charge in [0, 0.05) is 0 Å². The molecule has 0 aliphatic heterocycles. The molecule has 2 saturated carbocycles. The SMILES string of the molecule is C1CCCC1.CC1CCCC1. The Morgan fingerprint density at radius 1 is 0.636 bits per heavy atom.